The Morgan fingerprint density at radius 3 is 2.60 bits per heavy atom. The summed E-state index contributed by atoms with van der Waals surface area (Å²) in [6, 6.07) is 2.78. The minimum absolute atomic E-state index is 0.131. The SMILES string of the molecule is Cc1ccc(S(=O)(=O)NC(C)C(N)=S)s1. The van der Waals surface area contributed by atoms with Crippen LogP contribution in [-0.4, -0.2) is 19.4 Å². The molecule has 0 aliphatic carbocycles. The molecule has 0 saturated carbocycles. The maximum Gasteiger partial charge on any atom is 0.250 e. The summed E-state index contributed by atoms with van der Waals surface area (Å²) in [6.45, 7) is 3.46. The first-order valence-corrected chi connectivity index (χ1v) is 6.92. The van der Waals surface area contributed by atoms with Crippen LogP contribution < -0.4 is 10.5 Å². The highest BCUT2D eigenvalue weighted by Gasteiger charge is 2.19. The summed E-state index contributed by atoms with van der Waals surface area (Å²) in [5.74, 6) is 0. The Morgan fingerprint density at radius 2 is 2.20 bits per heavy atom. The predicted octanol–water partition coefficient (Wildman–Crippen LogP) is 1.01. The van der Waals surface area contributed by atoms with Crippen molar-refractivity contribution in [1.82, 2.24) is 4.72 Å². The van der Waals surface area contributed by atoms with Crippen molar-refractivity contribution in [3.8, 4) is 0 Å². The van der Waals surface area contributed by atoms with Gasteiger partial charge in [-0.1, -0.05) is 12.2 Å². The molecule has 0 radical (unpaired) electrons. The number of nitrogens with two attached hydrogens (primary N) is 1. The Morgan fingerprint density at radius 1 is 1.60 bits per heavy atom. The van der Waals surface area contributed by atoms with Gasteiger partial charge in [0.1, 0.15) is 4.21 Å². The van der Waals surface area contributed by atoms with Crippen molar-refractivity contribution in [3.05, 3.63) is 17.0 Å². The number of hydrogen-bond donors (Lipinski definition) is 2. The van der Waals surface area contributed by atoms with Crippen molar-refractivity contribution in [3.63, 3.8) is 0 Å². The van der Waals surface area contributed by atoms with E-state index in [9.17, 15) is 8.42 Å². The largest absolute Gasteiger partial charge is 0.392 e. The molecule has 84 valence electrons. The number of sulfonamides is 1. The molecule has 1 unspecified atom stereocenters. The fourth-order valence-corrected chi connectivity index (χ4v) is 3.56. The van der Waals surface area contributed by atoms with Crippen molar-refractivity contribution >= 4 is 38.6 Å². The normalized spacial score (nSPS) is 13.7. The van der Waals surface area contributed by atoms with E-state index in [1.54, 1.807) is 19.1 Å². The smallest absolute Gasteiger partial charge is 0.250 e. The van der Waals surface area contributed by atoms with E-state index in [0.717, 1.165) is 4.88 Å². The molecule has 0 spiro atoms. The van der Waals surface area contributed by atoms with Gasteiger partial charge in [0.05, 0.1) is 11.0 Å². The molecule has 3 N–H and O–H groups in total. The third-order valence-electron chi connectivity index (χ3n) is 1.74. The quantitative estimate of drug-likeness (QED) is 0.796. The van der Waals surface area contributed by atoms with Crippen molar-refractivity contribution < 1.29 is 8.42 Å². The van der Waals surface area contributed by atoms with Gasteiger partial charge < -0.3 is 5.73 Å². The lowest BCUT2D eigenvalue weighted by molar-refractivity contribution is 0.581. The lowest BCUT2D eigenvalue weighted by Crippen LogP contribution is -2.40. The van der Waals surface area contributed by atoms with Crippen LogP contribution in [0.15, 0.2) is 16.3 Å². The number of nitrogens with one attached hydrogen (secondary N) is 1. The Hall–Kier alpha value is -0.500. The van der Waals surface area contributed by atoms with Crippen LogP contribution in [0.1, 0.15) is 11.8 Å². The molecule has 0 aromatic carbocycles. The van der Waals surface area contributed by atoms with E-state index in [1.165, 1.54) is 11.3 Å². The van der Waals surface area contributed by atoms with Gasteiger partial charge in [0.25, 0.3) is 10.0 Å². The van der Waals surface area contributed by atoms with E-state index < -0.39 is 16.1 Å². The highest BCUT2D eigenvalue weighted by atomic mass is 32.2. The first-order chi connectivity index (χ1) is 6.83. The fraction of sp³-hybridized carbons (Fsp3) is 0.375. The zero-order valence-corrected chi connectivity index (χ0v) is 10.8. The number of aryl methyl sites for hydroxylation is 1. The molecule has 15 heavy (non-hydrogen) atoms. The zero-order valence-electron chi connectivity index (χ0n) is 8.35. The van der Waals surface area contributed by atoms with E-state index in [1.807, 2.05) is 6.92 Å². The average Bonchev–Trinajstić information content (AvgIpc) is 2.51. The number of rotatable bonds is 4. The van der Waals surface area contributed by atoms with Crippen LogP contribution in [0, 0.1) is 6.92 Å². The summed E-state index contributed by atoms with van der Waals surface area (Å²) >= 11 is 5.91. The average molecular weight is 264 g/mol. The van der Waals surface area contributed by atoms with Crippen molar-refractivity contribution in [2.45, 2.75) is 24.1 Å². The summed E-state index contributed by atoms with van der Waals surface area (Å²) in [5, 5.41) is 0. The molecule has 1 heterocycles. The van der Waals surface area contributed by atoms with Gasteiger partial charge in [-0.15, -0.1) is 11.3 Å². The first-order valence-electron chi connectivity index (χ1n) is 4.21. The van der Waals surface area contributed by atoms with Crippen LogP contribution in [0.4, 0.5) is 0 Å². The molecule has 1 atom stereocenters. The van der Waals surface area contributed by atoms with E-state index in [0.29, 0.717) is 0 Å². The number of thiophene rings is 1. The third kappa shape index (κ3) is 3.23. The van der Waals surface area contributed by atoms with Gasteiger partial charge in [-0.05, 0) is 26.0 Å². The minimum atomic E-state index is -3.48. The Kier molecular flexibility index (Phi) is 3.82. The molecule has 4 nitrogen and oxygen atoms in total. The molecule has 0 bridgehead atoms. The topological polar surface area (TPSA) is 72.2 Å². The van der Waals surface area contributed by atoms with E-state index >= 15 is 0 Å². The fourth-order valence-electron chi connectivity index (χ4n) is 0.905. The van der Waals surface area contributed by atoms with Crippen LogP contribution in [-0.2, 0) is 10.0 Å². The van der Waals surface area contributed by atoms with Gasteiger partial charge in [0, 0.05) is 4.88 Å². The molecule has 0 aliphatic heterocycles. The van der Waals surface area contributed by atoms with Gasteiger partial charge in [-0.2, -0.15) is 0 Å². The zero-order chi connectivity index (χ0) is 11.6. The maximum absolute atomic E-state index is 11.7. The number of thiocarbonyl (C=S) groups is 1. The second-order valence-corrected chi connectivity index (χ2v) is 6.81. The van der Waals surface area contributed by atoms with E-state index in [4.69, 9.17) is 18.0 Å². The van der Waals surface area contributed by atoms with E-state index in [-0.39, 0.29) is 9.20 Å². The first kappa shape index (κ1) is 12.6. The molecular weight excluding hydrogens is 252 g/mol. The monoisotopic (exact) mass is 264 g/mol. The molecule has 7 heteroatoms. The summed E-state index contributed by atoms with van der Waals surface area (Å²) < 4.78 is 26.2. The van der Waals surface area contributed by atoms with Gasteiger partial charge >= 0.3 is 0 Å². The van der Waals surface area contributed by atoms with Gasteiger partial charge in [-0.3, -0.25) is 0 Å². The third-order valence-corrected chi connectivity index (χ3v) is 5.13. The van der Waals surface area contributed by atoms with Crippen LogP contribution in [0.5, 0.6) is 0 Å². The molecule has 1 aromatic heterocycles. The molecular formula is C8H12N2O2S3. The molecule has 1 rings (SSSR count). The van der Waals surface area contributed by atoms with Crippen LogP contribution in [0.3, 0.4) is 0 Å². The van der Waals surface area contributed by atoms with E-state index in [2.05, 4.69) is 4.72 Å². The van der Waals surface area contributed by atoms with Crippen LogP contribution in [0.25, 0.3) is 0 Å². The van der Waals surface area contributed by atoms with Crippen molar-refractivity contribution in [1.29, 1.82) is 0 Å². The number of hydrogen-bond acceptors (Lipinski definition) is 4. The predicted molar refractivity (Wildman–Crippen MR) is 65.6 cm³/mol. The minimum Gasteiger partial charge on any atom is -0.392 e. The lowest BCUT2D eigenvalue weighted by atomic mass is 10.4. The Labute approximate surface area is 98.5 Å². The Bertz CT molecular complexity index is 464. The highest BCUT2D eigenvalue weighted by Crippen LogP contribution is 2.20. The molecule has 1 aromatic rings. The lowest BCUT2D eigenvalue weighted by Gasteiger charge is -2.11. The van der Waals surface area contributed by atoms with Crippen molar-refractivity contribution in [2.75, 3.05) is 0 Å². The standard InChI is InChI=1S/C8H12N2O2S3/c1-5-3-4-7(14-5)15(11,12)10-6(2)8(9)13/h3-4,6,10H,1-2H3,(H2,9,13). The maximum atomic E-state index is 11.7. The van der Waals surface area contributed by atoms with Crippen molar-refractivity contribution in [2.24, 2.45) is 5.73 Å². The second-order valence-electron chi connectivity index (χ2n) is 3.11. The Balaban J connectivity index is 2.90. The summed E-state index contributed by atoms with van der Waals surface area (Å²) in [5.41, 5.74) is 5.33. The summed E-state index contributed by atoms with van der Waals surface area (Å²) in [6.07, 6.45) is 0. The molecule has 0 saturated heterocycles. The van der Waals surface area contributed by atoms with Crippen LogP contribution in [0.2, 0.25) is 0 Å². The summed E-state index contributed by atoms with van der Waals surface area (Å²) in [4.78, 5) is 1.07. The highest BCUT2D eigenvalue weighted by molar-refractivity contribution is 7.91. The molecule has 0 fully saturated rings. The van der Waals surface area contributed by atoms with Gasteiger partial charge in [0.15, 0.2) is 0 Å². The van der Waals surface area contributed by atoms with Gasteiger partial charge in [-0.25, -0.2) is 13.1 Å². The molecule has 0 aliphatic rings. The van der Waals surface area contributed by atoms with Gasteiger partial charge in [0.2, 0.25) is 0 Å². The molecule has 0 amide bonds. The summed E-state index contributed by atoms with van der Waals surface area (Å²) in [7, 11) is -3.48. The second kappa shape index (κ2) is 4.56. The van der Waals surface area contributed by atoms with Crippen LogP contribution >= 0.6 is 23.6 Å².